The van der Waals surface area contributed by atoms with Gasteiger partial charge in [-0.15, -0.1) is 0 Å². The van der Waals surface area contributed by atoms with Gasteiger partial charge < -0.3 is 15.5 Å². The molecule has 0 radical (unpaired) electrons. The third kappa shape index (κ3) is 5.46. The zero-order valence-electron chi connectivity index (χ0n) is 20.4. The van der Waals surface area contributed by atoms with Crippen LogP contribution in [0.25, 0.3) is 22.0 Å². The van der Waals surface area contributed by atoms with E-state index in [1.807, 2.05) is 54.6 Å². The Morgan fingerprint density at radius 2 is 1.70 bits per heavy atom. The number of fused-ring (bicyclic) bond motifs is 1. The molecule has 2 aromatic carbocycles. The van der Waals surface area contributed by atoms with Gasteiger partial charge in [0.15, 0.2) is 5.69 Å². The van der Waals surface area contributed by atoms with E-state index in [1.54, 1.807) is 32.7 Å². The fourth-order valence-electron chi connectivity index (χ4n) is 3.87. The summed E-state index contributed by atoms with van der Waals surface area (Å²) in [6.45, 7) is 0. The zero-order valence-corrected chi connectivity index (χ0v) is 20.4. The number of pyridine rings is 2. The molecule has 0 aliphatic heterocycles. The molecule has 9 nitrogen and oxygen atoms in total. The molecule has 0 fully saturated rings. The fraction of sp³-hybridized carbons (Fsp3) is 0.107. The summed E-state index contributed by atoms with van der Waals surface area (Å²) in [6.07, 6.45) is 5.65. The second kappa shape index (κ2) is 10.3. The molecule has 5 aromatic rings. The van der Waals surface area contributed by atoms with Crippen LogP contribution in [-0.4, -0.2) is 51.1 Å². The number of benzene rings is 2. The lowest BCUT2D eigenvalue weighted by Gasteiger charge is -2.12. The molecule has 3 amide bonds. The van der Waals surface area contributed by atoms with Crippen LogP contribution in [0.2, 0.25) is 0 Å². The fourth-order valence-corrected chi connectivity index (χ4v) is 3.87. The molecule has 0 atom stereocenters. The number of carbonyl (C=O) groups excluding carboxylic acids is 2. The van der Waals surface area contributed by atoms with Crippen molar-refractivity contribution < 1.29 is 9.59 Å². The highest BCUT2D eigenvalue weighted by atomic mass is 16.2. The Morgan fingerprint density at radius 3 is 2.46 bits per heavy atom. The predicted molar refractivity (Wildman–Crippen MR) is 143 cm³/mol. The van der Waals surface area contributed by atoms with E-state index in [2.05, 4.69) is 42.9 Å². The lowest BCUT2D eigenvalue weighted by Crippen LogP contribution is -2.27. The van der Waals surface area contributed by atoms with Crippen LogP contribution in [0.15, 0.2) is 85.3 Å². The van der Waals surface area contributed by atoms with Crippen LogP contribution in [0.3, 0.4) is 0 Å². The molecule has 184 valence electrons. The molecule has 9 heteroatoms. The maximum atomic E-state index is 13.1. The largest absolute Gasteiger partial charge is 0.331 e. The number of amides is 3. The smallest absolute Gasteiger partial charge is 0.321 e. The Labute approximate surface area is 213 Å². The summed E-state index contributed by atoms with van der Waals surface area (Å²) in [5, 5.41) is 13.5. The lowest BCUT2D eigenvalue weighted by molar-refractivity contribution is 0.102. The number of aromatic amines is 1. The van der Waals surface area contributed by atoms with E-state index in [4.69, 9.17) is 0 Å². The molecule has 3 heterocycles. The molecule has 0 unspecified atom stereocenters. The minimum absolute atomic E-state index is 0.245. The maximum Gasteiger partial charge on any atom is 0.321 e. The summed E-state index contributed by atoms with van der Waals surface area (Å²) in [5.74, 6) is -0.342. The normalized spacial score (nSPS) is 10.8. The van der Waals surface area contributed by atoms with Crippen molar-refractivity contribution in [3.8, 4) is 11.1 Å². The van der Waals surface area contributed by atoms with Crippen molar-refractivity contribution in [2.24, 2.45) is 0 Å². The summed E-state index contributed by atoms with van der Waals surface area (Å²) in [6, 6.07) is 21.1. The number of urea groups is 1. The summed E-state index contributed by atoms with van der Waals surface area (Å²) in [5.41, 5.74) is 5.88. The van der Waals surface area contributed by atoms with Gasteiger partial charge in [0.05, 0.1) is 29.3 Å². The maximum absolute atomic E-state index is 13.1. The minimum atomic E-state index is -0.342. The number of aromatic nitrogens is 4. The first-order valence-electron chi connectivity index (χ1n) is 11.7. The Kier molecular flexibility index (Phi) is 6.58. The van der Waals surface area contributed by atoms with Crippen LogP contribution in [0.4, 0.5) is 16.2 Å². The third-order valence-electron chi connectivity index (χ3n) is 5.82. The monoisotopic (exact) mass is 491 g/mol. The van der Waals surface area contributed by atoms with Crippen molar-refractivity contribution >= 4 is 34.2 Å². The molecular formula is C28H25N7O2. The SMILES string of the molecule is CN(C)C(=O)Nc1cncc(-c2ccc3[nH]nc(C(=O)Nc4ccc(Cc5ccccc5)nc4)c3c2)c1. The number of carbonyl (C=O) groups is 2. The Balaban J connectivity index is 1.34. The van der Waals surface area contributed by atoms with Gasteiger partial charge in [-0.05, 0) is 41.5 Å². The van der Waals surface area contributed by atoms with E-state index < -0.39 is 0 Å². The number of anilines is 2. The summed E-state index contributed by atoms with van der Waals surface area (Å²) >= 11 is 0. The van der Waals surface area contributed by atoms with Crippen LogP contribution in [0, 0.1) is 0 Å². The third-order valence-corrected chi connectivity index (χ3v) is 5.82. The number of nitrogens with zero attached hydrogens (tertiary/aromatic N) is 4. The van der Waals surface area contributed by atoms with E-state index >= 15 is 0 Å². The molecule has 3 aromatic heterocycles. The molecule has 0 saturated heterocycles. The summed E-state index contributed by atoms with van der Waals surface area (Å²) in [4.78, 5) is 35.2. The standard InChI is InChI=1S/C28H25N7O2/c1-35(2)28(37)32-23-13-20(15-29-16-23)19-8-11-25-24(14-19)26(34-33-25)27(36)31-22-10-9-21(30-17-22)12-18-6-4-3-5-7-18/h3-11,13-17H,12H2,1-2H3,(H,31,36)(H,32,37)(H,33,34). The Morgan fingerprint density at radius 1 is 0.865 bits per heavy atom. The topological polar surface area (TPSA) is 116 Å². The number of hydrogen-bond donors (Lipinski definition) is 3. The molecule has 0 aliphatic carbocycles. The average Bonchev–Trinajstić information content (AvgIpc) is 3.34. The first kappa shape index (κ1) is 23.7. The number of H-pyrrole nitrogens is 1. The van der Waals surface area contributed by atoms with Crippen LogP contribution < -0.4 is 10.6 Å². The van der Waals surface area contributed by atoms with Crippen molar-refractivity contribution in [3.05, 3.63) is 102 Å². The Hall–Kier alpha value is -5.05. The molecule has 0 aliphatic rings. The lowest BCUT2D eigenvalue weighted by atomic mass is 10.0. The van der Waals surface area contributed by atoms with Crippen LogP contribution in [0.1, 0.15) is 21.7 Å². The molecule has 0 spiro atoms. The molecule has 0 bridgehead atoms. The van der Waals surface area contributed by atoms with Crippen LogP contribution >= 0.6 is 0 Å². The second-order valence-corrected chi connectivity index (χ2v) is 8.77. The van der Waals surface area contributed by atoms with Gasteiger partial charge in [0.1, 0.15) is 0 Å². The van der Waals surface area contributed by atoms with Crippen LogP contribution in [-0.2, 0) is 6.42 Å². The molecule has 37 heavy (non-hydrogen) atoms. The van der Waals surface area contributed by atoms with Gasteiger partial charge in [0.2, 0.25) is 0 Å². The highest BCUT2D eigenvalue weighted by Gasteiger charge is 2.16. The Bertz CT molecular complexity index is 1560. The second-order valence-electron chi connectivity index (χ2n) is 8.77. The van der Waals surface area contributed by atoms with Crippen molar-refractivity contribution in [3.63, 3.8) is 0 Å². The van der Waals surface area contributed by atoms with E-state index in [9.17, 15) is 9.59 Å². The van der Waals surface area contributed by atoms with Gasteiger partial charge in [-0.25, -0.2) is 4.79 Å². The van der Waals surface area contributed by atoms with Crippen LogP contribution in [0.5, 0.6) is 0 Å². The molecule has 5 rings (SSSR count). The predicted octanol–water partition coefficient (Wildman–Crippen LogP) is 4.96. The number of nitrogens with one attached hydrogen (secondary N) is 3. The van der Waals surface area contributed by atoms with Gasteiger partial charge in [-0.2, -0.15) is 5.10 Å². The van der Waals surface area contributed by atoms with Crippen molar-refractivity contribution in [2.75, 3.05) is 24.7 Å². The molecule has 3 N–H and O–H groups in total. The molecule has 0 saturated carbocycles. The highest BCUT2D eigenvalue weighted by Crippen LogP contribution is 2.27. The van der Waals surface area contributed by atoms with Gasteiger partial charge in [0, 0.05) is 43.4 Å². The van der Waals surface area contributed by atoms with Gasteiger partial charge in [-0.3, -0.25) is 19.9 Å². The van der Waals surface area contributed by atoms with E-state index in [-0.39, 0.29) is 17.6 Å². The number of rotatable bonds is 6. The van der Waals surface area contributed by atoms with Crippen molar-refractivity contribution in [2.45, 2.75) is 6.42 Å². The van der Waals surface area contributed by atoms with Gasteiger partial charge in [0.25, 0.3) is 5.91 Å². The number of hydrogen-bond acceptors (Lipinski definition) is 5. The summed E-state index contributed by atoms with van der Waals surface area (Å²) in [7, 11) is 3.34. The zero-order chi connectivity index (χ0) is 25.8. The highest BCUT2D eigenvalue weighted by molar-refractivity contribution is 6.11. The van der Waals surface area contributed by atoms with E-state index in [0.717, 1.165) is 28.8 Å². The average molecular weight is 492 g/mol. The first-order chi connectivity index (χ1) is 18.0. The van der Waals surface area contributed by atoms with Crippen molar-refractivity contribution in [1.29, 1.82) is 0 Å². The van der Waals surface area contributed by atoms with Gasteiger partial charge >= 0.3 is 6.03 Å². The first-order valence-corrected chi connectivity index (χ1v) is 11.7. The van der Waals surface area contributed by atoms with Gasteiger partial charge in [-0.1, -0.05) is 36.4 Å². The van der Waals surface area contributed by atoms with E-state index in [0.29, 0.717) is 16.8 Å². The summed E-state index contributed by atoms with van der Waals surface area (Å²) < 4.78 is 0. The van der Waals surface area contributed by atoms with Crippen molar-refractivity contribution in [1.82, 2.24) is 25.1 Å². The quantitative estimate of drug-likeness (QED) is 0.311. The minimum Gasteiger partial charge on any atom is -0.331 e. The molecular weight excluding hydrogens is 466 g/mol. The van der Waals surface area contributed by atoms with E-state index in [1.165, 1.54) is 10.5 Å².